The lowest BCUT2D eigenvalue weighted by molar-refractivity contribution is -0.0592. The van der Waals surface area contributed by atoms with Crippen LogP contribution in [-0.4, -0.2) is 66.6 Å². The smallest absolute Gasteiger partial charge is 0.317 e. The zero-order valence-corrected chi connectivity index (χ0v) is 21.6. The molecule has 0 bridgehead atoms. The summed E-state index contributed by atoms with van der Waals surface area (Å²) in [5.41, 5.74) is -2.36. The molecule has 2 amide bonds. The van der Waals surface area contributed by atoms with Crippen molar-refractivity contribution in [2.45, 2.75) is 82.0 Å². The molecular formula is C27H41F4N3O3. The van der Waals surface area contributed by atoms with Gasteiger partial charge in [-0.1, -0.05) is 0 Å². The van der Waals surface area contributed by atoms with E-state index in [0.717, 1.165) is 25.3 Å². The fraction of sp³-hybridized carbons (Fsp3) is 0.741. The maximum absolute atomic E-state index is 14.8. The highest BCUT2D eigenvalue weighted by atomic mass is 19.2. The summed E-state index contributed by atoms with van der Waals surface area (Å²) in [7, 11) is 1.80. The second-order valence-corrected chi connectivity index (χ2v) is 10.7. The molecule has 2 fully saturated rings. The van der Waals surface area contributed by atoms with Crippen LogP contribution in [0.15, 0.2) is 12.1 Å². The van der Waals surface area contributed by atoms with Crippen molar-refractivity contribution in [2.24, 2.45) is 11.8 Å². The predicted octanol–water partition coefficient (Wildman–Crippen LogP) is 4.38. The van der Waals surface area contributed by atoms with Gasteiger partial charge in [-0.3, -0.25) is 0 Å². The standard InChI is InChI=1S/C27H41F4N3O3/c1-32-16-22(13-18-6-8-20(28)9-7-18)33-26(36)34-11-4-5-19(17-34)27(37,10-2-3-12-35)23-14-21(29)15-24(30)25(23)31/h14-15,18-20,22,32,35,37H,2-13,16-17H2,1H3,(H,33,36)/t18?,19-,20?,22+,27+/m1/s1. The molecule has 0 radical (unpaired) electrons. The number of amides is 2. The molecule has 3 atom stereocenters. The number of aliphatic hydroxyl groups is 2. The molecule has 1 aromatic carbocycles. The molecule has 2 aliphatic rings. The van der Waals surface area contributed by atoms with Gasteiger partial charge in [-0.25, -0.2) is 22.4 Å². The minimum absolute atomic E-state index is 0.00682. The normalized spacial score (nSPS) is 24.9. The number of hydrogen-bond donors (Lipinski definition) is 4. The van der Waals surface area contributed by atoms with Crippen LogP contribution in [0.4, 0.5) is 22.4 Å². The van der Waals surface area contributed by atoms with Gasteiger partial charge in [0.05, 0.1) is 5.60 Å². The number of unbranched alkanes of at least 4 members (excludes halogenated alkanes) is 1. The maximum Gasteiger partial charge on any atom is 0.317 e. The number of nitrogens with one attached hydrogen (secondary N) is 2. The van der Waals surface area contributed by atoms with Crippen LogP contribution in [0.5, 0.6) is 0 Å². The van der Waals surface area contributed by atoms with E-state index in [0.29, 0.717) is 63.6 Å². The summed E-state index contributed by atoms with van der Waals surface area (Å²) in [5.74, 6) is -3.98. The monoisotopic (exact) mass is 531 g/mol. The molecule has 10 heteroatoms. The third-order valence-corrected chi connectivity index (χ3v) is 7.98. The van der Waals surface area contributed by atoms with E-state index in [9.17, 15) is 32.6 Å². The second kappa shape index (κ2) is 13.8. The van der Waals surface area contributed by atoms with Gasteiger partial charge in [-0.15, -0.1) is 0 Å². The van der Waals surface area contributed by atoms with Crippen molar-refractivity contribution in [1.82, 2.24) is 15.5 Å². The van der Waals surface area contributed by atoms with E-state index >= 15 is 0 Å². The Morgan fingerprint density at radius 3 is 2.57 bits per heavy atom. The first-order valence-corrected chi connectivity index (χ1v) is 13.5. The number of alkyl halides is 1. The average Bonchev–Trinajstić information content (AvgIpc) is 2.87. The van der Waals surface area contributed by atoms with Crippen molar-refractivity contribution < 1.29 is 32.6 Å². The Hall–Kier alpha value is -1.91. The highest BCUT2D eigenvalue weighted by Crippen LogP contribution is 2.41. The van der Waals surface area contributed by atoms with E-state index < -0.39 is 40.7 Å². The first-order valence-electron chi connectivity index (χ1n) is 13.5. The molecule has 1 saturated carbocycles. The lowest BCUT2D eigenvalue weighted by Crippen LogP contribution is -2.54. The fourth-order valence-corrected chi connectivity index (χ4v) is 5.95. The van der Waals surface area contributed by atoms with Gasteiger partial charge in [-0.2, -0.15) is 0 Å². The number of hydrogen-bond acceptors (Lipinski definition) is 4. The van der Waals surface area contributed by atoms with E-state index in [1.54, 1.807) is 11.9 Å². The molecule has 6 nitrogen and oxygen atoms in total. The van der Waals surface area contributed by atoms with Gasteiger partial charge in [0.15, 0.2) is 11.6 Å². The number of halogens is 4. The Balaban J connectivity index is 1.74. The molecule has 4 N–H and O–H groups in total. The first-order chi connectivity index (χ1) is 17.7. The Morgan fingerprint density at radius 2 is 1.89 bits per heavy atom. The second-order valence-electron chi connectivity index (χ2n) is 10.7. The largest absolute Gasteiger partial charge is 0.396 e. The van der Waals surface area contributed by atoms with Crippen LogP contribution < -0.4 is 10.6 Å². The summed E-state index contributed by atoms with van der Waals surface area (Å²) in [5, 5.41) is 27.1. The van der Waals surface area contributed by atoms with Gasteiger partial charge in [-0.05, 0) is 83.2 Å². The molecule has 0 spiro atoms. The molecule has 1 aliphatic carbocycles. The zero-order valence-electron chi connectivity index (χ0n) is 21.6. The van der Waals surface area contributed by atoms with Crippen LogP contribution in [0, 0.1) is 29.3 Å². The number of piperidine rings is 1. The zero-order chi connectivity index (χ0) is 27.0. The summed E-state index contributed by atoms with van der Waals surface area (Å²) in [6, 6.07) is 0.797. The van der Waals surface area contributed by atoms with Gasteiger partial charge in [0.2, 0.25) is 0 Å². The first kappa shape index (κ1) is 29.6. The Labute approximate surface area is 216 Å². The highest BCUT2D eigenvalue weighted by Gasteiger charge is 2.43. The molecule has 210 valence electrons. The third-order valence-electron chi connectivity index (χ3n) is 7.98. The van der Waals surface area contributed by atoms with Crippen LogP contribution in [0.2, 0.25) is 0 Å². The Kier molecular flexibility index (Phi) is 11.0. The lowest BCUT2D eigenvalue weighted by Gasteiger charge is -2.43. The number of carbonyl (C=O) groups excluding carboxylic acids is 1. The van der Waals surface area contributed by atoms with Crippen molar-refractivity contribution in [3.05, 3.63) is 35.1 Å². The van der Waals surface area contributed by atoms with Crippen LogP contribution in [0.3, 0.4) is 0 Å². The maximum atomic E-state index is 14.8. The van der Waals surface area contributed by atoms with Crippen molar-refractivity contribution in [3.8, 4) is 0 Å². The predicted molar refractivity (Wildman–Crippen MR) is 133 cm³/mol. The highest BCUT2D eigenvalue weighted by molar-refractivity contribution is 5.74. The number of nitrogens with zero attached hydrogens (tertiary/aromatic N) is 1. The minimum Gasteiger partial charge on any atom is -0.396 e. The Morgan fingerprint density at radius 1 is 1.16 bits per heavy atom. The van der Waals surface area contributed by atoms with E-state index in [4.69, 9.17) is 0 Å². The van der Waals surface area contributed by atoms with Crippen LogP contribution in [-0.2, 0) is 5.60 Å². The topological polar surface area (TPSA) is 84.8 Å². The van der Waals surface area contributed by atoms with Crippen molar-refractivity contribution in [2.75, 3.05) is 33.3 Å². The molecule has 1 heterocycles. The molecule has 1 saturated heterocycles. The number of benzene rings is 1. The number of urea groups is 1. The van der Waals surface area contributed by atoms with Crippen LogP contribution >= 0.6 is 0 Å². The van der Waals surface area contributed by atoms with E-state index in [1.165, 1.54) is 0 Å². The third kappa shape index (κ3) is 7.80. The molecular weight excluding hydrogens is 490 g/mol. The molecule has 3 rings (SSSR count). The summed E-state index contributed by atoms with van der Waals surface area (Å²) in [6.45, 7) is 0.957. The van der Waals surface area contributed by atoms with Gasteiger partial charge in [0, 0.05) is 49.8 Å². The number of likely N-dealkylation sites (N-methyl/N-ethyl adjacent to an activating group) is 1. The number of rotatable bonds is 11. The van der Waals surface area contributed by atoms with Crippen molar-refractivity contribution >= 4 is 6.03 Å². The molecule has 1 aliphatic heterocycles. The van der Waals surface area contributed by atoms with Gasteiger partial charge in [0.25, 0.3) is 0 Å². The van der Waals surface area contributed by atoms with Crippen LogP contribution in [0.25, 0.3) is 0 Å². The molecule has 1 aromatic rings. The SMILES string of the molecule is CNC[C@H](CC1CCC(F)CC1)NC(=O)N1CCC[C@@H]([C@@](O)(CCCCO)c2cc(F)cc(F)c2F)C1. The minimum atomic E-state index is -1.91. The van der Waals surface area contributed by atoms with Crippen LogP contribution in [0.1, 0.15) is 69.8 Å². The summed E-state index contributed by atoms with van der Waals surface area (Å²) >= 11 is 0. The van der Waals surface area contributed by atoms with E-state index in [-0.39, 0.29) is 31.6 Å². The summed E-state index contributed by atoms with van der Waals surface area (Å²) in [4.78, 5) is 14.8. The van der Waals surface area contributed by atoms with E-state index in [1.807, 2.05) is 0 Å². The number of carbonyl (C=O) groups is 1. The van der Waals surface area contributed by atoms with Crippen molar-refractivity contribution in [3.63, 3.8) is 0 Å². The number of likely N-dealkylation sites (tertiary alicyclic amines) is 1. The van der Waals surface area contributed by atoms with E-state index in [2.05, 4.69) is 10.6 Å². The van der Waals surface area contributed by atoms with Gasteiger partial charge >= 0.3 is 6.03 Å². The molecule has 0 unspecified atom stereocenters. The average molecular weight is 532 g/mol. The van der Waals surface area contributed by atoms with Gasteiger partial charge in [0.1, 0.15) is 12.0 Å². The van der Waals surface area contributed by atoms with Crippen molar-refractivity contribution in [1.29, 1.82) is 0 Å². The Bertz CT molecular complexity index is 885. The fourth-order valence-electron chi connectivity index (χ4n) is 5.95. The quantitative estimate of drug-likeness (QED) is 0.194. The molecule has 37 heavy (non-hydrogen) atoms. The number of aliphatic hydroxyl groups excluding tert-OH is 1. The summed E-state index contributed by atoms with van der Waals surface area (Å²) < 4.78 is 56.5. The van der Waals surface area contributed by atoms with Gasteiger partial charge < -0.3 is 25.7 Å². The summed E-state index contributed by atoms with van der Waals surface area (Å²) in [6.07, 6.45) is 4.30. The molecule has 0 aromatic heterocycles. The lowest BCUT2D eigenvalue weighted by atomic mass is 9.74.